The third-order valence-corrected chi connectivity index (χ3v) is 4.27. The van der Waals surface area contributed by atoms with Crippen LogP contribution in [0, 0.1) is 6.92 Å². The van der Waals surface area contributed by atoms with E-state index < -0.39 is 22.2 Å². The summed E-state index contributed by atoms with van der Waals surface area (Å²) in [5, 5.41) is 0. The number of ether oxygens (including phenoxy) is 1. The minimum atomic E-state index is -3.56. The fourth-order valence-electron chi connectivity index (χ4n) is 1.69. The van der Waals surface area contributed by atoms with E-state index in [4.69, 9.17) is 4.74 Å². The normalized spacial score (nSPS) is 14.9. The van der Waals surface area contributed by atoms with Gasteiger partial charge in [0.15, 0.2) is 0 Å². The van der Waals surface area contributed by atoms with Crippen LogP contribution in [0.15, 0.2) is 41.3 Å². The first-order chi connectivity index (χ1) is 9.70. The molecule has 0 unspecified atom stereocenters. The quantitative estimate of drug-likeness (QED) is 0.645. The molecule has 0 aliphatic rings. The number of sulfonamides is 1. The molecule has 0 bridgehead atoms. The third kappa shape index (κ3) is 6.10. The molecule has 6 heteroatoms. The van der Waals surface area contributed by atoms with Crippen molar-refractivity contribution in [2.45, 2.75) is 44.7 Å². The van der Waals surface area contributed by atoms with E-state index in [1.165, 1.54) is 6.92 Å². The van der Waals surface area contributed by atoms with Crippen LogP contribution in [0.1, 0.15) is 26.3 Å². The van der Waals surface area contributed by atoms with Gasteiger partial charge in [0.05, 0.1) is 4.90 Å². The number of esters is 1. The lowest BCUT2D eigenvalue weighted by Gasteiger charge is -2.12. The minimum absolute atomic E-state index is 0.224. The van der Waals surface area contributed by atoms with Crippen molar-refractivity contribution >= 4 is 16.0 Å². The summed E-state index contributed by atoms with van der Waals surface area (Å²) in [4.78, 5) is 11.0. The van der Waals surface area contributed by atoms with Gasteiger partial charge in [0.2, 0.25) is 10.0 Å². The molecule has 0 radical (unpaired) electrons. The highest BCUT2D eigenvalue weighted by Gasteiger charge is 2.15. The van der Waals surface area contributed by atoms with Crippen molar-refractivity contribution in [2.24, 2.45) is 0 Å². The Hall–Kier alpha value is -1.66. The number of benzene rings is 1. The average molecular weight is 311 g/mol. The van der Waals surface area contributed by atoms with E-state index in [0.717, 1.165) is 5.56 Å². The van der Waals surface area contributed by atoms with Gasteiger partial charge < -0.3 is 4.74 Å². The Balaban J connectivity index is 2.69. The van der Waals surface area contributed by atoms with E-state index >= 15 is 0 Å². The Kier molecular flexibility index (Phi) is 6.11. The van der Waals surface area contributed by atoms with Crippen molar-refractivity contribution in [1.82, 2.24) is 4.72 Å². The second-order valence-electron chi connectivity index (χ2n) is 4.92. The van der Waals surface area contributed by atoms with Crippen LogP contribution in [-0.2, 0) is 19.6 Å². The largest absolute Gasteiger partial charge is 0.459 e. The third-order valence-electron chi connectivity index (χ3n) is 2.69. The lowest BCUT2D eigenvalue weighted by molar-refractivity contribution is -0.143. The number of nitrogens with one attached hydrogen (secondary N) is 1. The van der Waals surface area contributed by atoms with Gasteiger partial charge in [-0.3, -0.25) is 4.79 Å². The van der Waals surface area contributed by atoms with E-state index in [2.05, 4.69) is 4.72 Å². The topological polar surface area (TPSA) is 72.5 Å². The van der Waals surface area contributed by atoms with E-state index in [-0.39, 0.29) is 10.9 Å². The molecule has 1 N–H and O–H groups in total. The SMILES string of the molecule is CC(=O)O[C@@H](C)/C=C/[C@H](C)NS(=O)(=O)c1ccc(C)cc1. The van der Waals surface area contributed by atoms with Crippen molar-refractivity contribution in [3.8, 4) is 0 Å². The maximum atomic E-state index is 12.1. The van der Waals surface area contributed by atoms with Crippen LogP contribution in [0.2, 0.25) is 0 Å². The molecule has 5 nitrogen and oxygen atoms in total. The predicted molar refractivity (Wildman–Crippen MR) is 81.3 cm³/mol. The van der Waals surface area contributed by atoms with Crippen molar-refractivity contribution in [1.29, 1.82) is 0 Å². The van der Waals surface area contributed by atoms with Crippen LogP contribution in [0.4, 0.5) is 0 Å². The molecule has 0 fully saturated rings. The fourth-order valence-corrected chi connectivity index (χ4v) is 2.89. The summed E-state index contributed by atoms with van der Waals surface area (Å²) in [6, 6.07) is 6.22. The van der Waals surface area contributed by atoms with Crippen LogP contribution in [0.5, 0.6) is 0 Å². The van der Waals surface area contributed by atoms with Crippen LogP contribution >= 0.6 is 0 Å². The molecule has 1 aromatic carbocycles. The zero-order valence-corrected chi connectivity index (χ0v) is 13.5. The molecular weight excluding hydrogens is 290 g/mol. The van der Waals surface area contributed by atoms with Crippen LogP contribution in [-0.4, -0.2) is 26.5 Å². The Morgan fingerprint density at radius 1 is 1.19 bits per heavy atom. The zero-order chi connectivity index (χ0) is 16.0. The average Bonchev–Trinajstić information content (AvgIpc) is 2.35. The second kappa shape index (κ2) is 7.38. The Morgan fingerprint density at radius 3 is 2.29 bits per heavy atom. The van der Waals surface area contributed by atoms with Gasteiger partial charge in [-0.1, -0.05) is 23.8 Å². The molecule has 0 heterocycles. The maximum absolute atomic E-state index is 12.1. The highest BCUT2D eigenvalue weighted by molar-refractivity contribution is 7.89. The zero-order valence-electron chi connectivity index (χ0n) is 12.7. The van der Waals surface area contributed by atoms with E-state index in [1.807, 2.05) is 6.92 Å². The van der Waals surface area contributed by atoms with Crippen LogP contribution in [0.3, 0.4) is 0 Å². The van der Waals surface area contributed by atoms with Crippen molar-refractivity contribution in [3.05, 3.63) is 42.0 Å². The van der Waals surface area contributed by atoms with Crippen molar-refractivity contribution < 1.29 is 17.9 Å². The smallest absolute Gasteiger partial charge is 0.303 e. The summed E-state index contributed by atoms with van der Waals surface area (Å²) in [6.45, 7) is 6.64. The lowest BCUT2D eigenvalue weighted by atomic mass is 10.2. The number of carbonyl (C=O) groups excluding carboxylic acids is 1. The molecule has 116 valence electrons. The van der Waals surface area contributed by atoms with Gasteiger partial charge in [-0.25, -0.2) is 13.1 Å². The van der Waals surface area contributed by atoms with Gasteiger partial charge in [0.25, 0.3) is 0 Å². The molecule has 1 aromatic rings. The highest BCUT2D eigenvalue weighted by atomic mass is 32.2. The summed E-state index contributed by atoms with van der Waals surface area (Å²) in [5.74, 6) is -0.375. The van der Waals surface area contributed by atoms with E-state index in [9.17, 15) is 13.2 Å². The lowest BCUT2D eigenvalue weighted by Crippen LogP contribution is -2.31. The van der Waals surface area contributed by atoms with E-state index in [0.29, 0.717) is 0 Å². The maximum Gasteiger partial charge on any atom is 0.303 e. The van der Waals surface area contributed by atoms with Crippen LogP contribution in [0.25, 0.3) is 0 Å². The molecule has 0 aliphatic heterocycles. The number of carbonyl (C=O) groups is 1. The molecule has 2 atom stereocenters. The van der Waals surface area contributed by atoms with Crippen molar-refractivity contribution in [3.63, 3.8) is 0 Å². The first-order valence-electron chi connectivity index (χ1n) is 6.65. The monoisotopic (exact) mass is 311 g/mol. The highest BCUT2D eigenvalue weighted by Crippen LogP contribution is 2.10. The van der Waals surface area contributed by atoms with Gasteiger partial charge in [0, 0.05) is 13.0 Å². The summed E-state index contributed by atoms with van der Waals surface area (Å²) >= 11 is 0. The molecular formula is C15H21NO4S. The van der Waals surface area contributed by atoms with Gasteiger partial charge in [0.1, 0.15) is 6.10 Å². The summed E-state index contributed by atoms with van der Waals surface area (Å²) in [6.07, 6.45) is 2.90. The number of hydrogen-bond acceptors (Lipinski definition) is 4. The number of aryl methyl sites for hydroxylation is 1. The van der Waals surface area contributed by atoms with E-state index in [1.54, 1.807) is 50.3 Å². The first kappa shape index (κ1) is 17.4. The molecule has 0 saturated heterocycles. The minimum Gasteiger partial charge on any atom is -0.459 e. The predicted octanol–water partition coefficient (Wildman–Crippen LogP) is 2.17. The summed E-state index contributed by atoms with van der Waals surface area (Å²) in [5.41, 5.74) is 0.997. The van der Waals surface area contributed by atoms with Crippen molar-refractivity contribution in [2.75, 3.05) is 0 Å². The summed E-state index contributed by atoms with van der Waals surface area (Å²) in [7, 11) is -3.56. The Labute approximate surface area is 126 Å². The summed E-state index contributed by atoms with van der Waals surface area (Å²) < 4.78 is 31.8. The fraction of sp³-hybridized carbons (Fsp3) is 0.400. The van der Waals surface area contributed by atoms with Gasteiger partial charge >= 0.3 is 5.97 Å². The molecule has 0 spiro atoms. The van der Waals surface area contributed by atoms with Gasteiger partial charge in [-0.2, -0.15) is 0 Å². The second-order valence-corrected chi connectivity index (χ2v) is 6.64. The Bertz CT molecular complexity index is 605. The first-order valence-corrected chi connectivity index (χ1v) is 8.13. The molecule has 21 heavy (non-hydrogen) atoms. The molecule has 0 aliphatic carbocycles. The number of rotatable bonds is 6. The molecule has 0 saturated carbocycles. The number of hydrogen-bond donors (Lipinski definition) is 1. The molecule has 0 aromatic heterocycles. The molecule has 0 amide bonds. The van der Waals surface area contributed by atoms with Gasteiger partial charge in [-0.15, -0.1) is 0 Å². The van der Waals surface area contributed by atoms with Crippen LogP contribution < -0.4 is 4.72 Å². The molecule has 1 rings (SSSR count). The Morgan fingerprint density at radius 2 is 1.76 bits per heavy atom. The van der Waals surface area contributed by atoms with Gasteiger partial charge in [-0.05, 0) is 39.0 Å². The standard InChI is InChI=1S/C15H21NO4S/c1-11-5-9-15(10-6-11)21(18,19)16-12(2)7-8-13(3)20-14(4)17/h5-10,12-13,16H,1-4H3/b8-7+/t12-,13-/m0/s1.